The molecular weight excluding hydrogens is 342 g/mol. The summed E-state index contributed by atoms with van der Waals surface area (Å²) in [6, 6.07) is 1.48. The highest BCUT2D eigenvalue weighted by molar-refractivity contribution is 5.89. The molecule has 3 aromatic heterocycles. The second-order valence-corrected chi connectivity index (χ2v) is 7.23. The summed E-state index contributed by atoms with van der Waals surface area (Å²) < 4.78 is 1.98. The SMILES string of the molecule is CCCCn1nc(CC(C)C)c2c(NCc3nc(C)cc(=O)[nH]3)ncnc21. The first-order valence-electron chi connectivity index (χ1n) is 9.49. The summed E-state index contributed by atoms with van der Waals surface area (Å²) in [4.78, 5) is 27.7. The van der Waals surface area contributed by atoms with Gasteiger partial charge in [-0.2, -0.15) is 5.10 Å². The molecule has 0 unspecified atom stereocenters. The number of unbranched alkanes of at least 4 members (excludes halogenated alkanes) is 1. The van der Waals surface area contributed by atoms with Crippen LogP contribution in [0.4, 0.5) is 5.82 Å². The average molecular weight is 369 g/mol. The number of nitrogens with zero attached hydrogens (tertiary/aromatic N) is 5. The monoisotopic (exact) mass is 369 g/mol. The molecule has 0 saturated carbocycles. The van der Waals surface area contributed by atoms with Crippen LogP contribution in [0.15, 0.2) is 17.2 Å². The van der Waals surface area contributed by atoms with E-state index in [9.17, 15) is 4.79 Å². The lowest BCUT2D eigenvalue weighted by molar-refractivity contribution is 0.562. The zero-order valence-corrected chi connectivity index (χ0v) is 16.4. The lowest BCUT2D eigenvalue weighted by atomic mass is 10.1. The van der Waals surface area contributed by atoms with E-state index >= 15 is 0 Å². The van der Waals surface area contributed by atoms with Gasteiger partial charge in [-0.05, 0) is 25.7 Å². The third-order valence-corrected chi connectivity index (χ3v) is 4.27. The van der Waals surface area contributed by atoms with Gasteiger partial charge in [0.25, 0.3) is 5.56 Å². The molecule has 0 aliphatic carbocycles. The predicted octanol–water partition coefficient (Wildman–Crippen LogP) is 2.83. The van der Waals surface area contributed by atoms with Gasteiger partial charge in [0, 0.05) is 18.3 Å². The number of hydrogen-bond donors (Lipinski definition) is 2. The molecule has 0 radical (unpaired) electrons. The summed E-state index contributed by atoms with van der Waals surface area (Å²) in [5.41, 5.74) is 2.39. The van der Waals surface area contributed by atoms with Crippen LogP contribution in [-0.4, -0.2) is 29.7 Å². The molecule has 0 saturated heterocycles. The first-order chi connectivity index (χ1) is 13.0. The van der Waals surface area contributed by atoms with Crippen molar-refractivity contribution in [1.82, 2.24) is 29.7 Å². The summed E-state index contributed by atoms with van der Waals surface area (Å²) in [7, 11) is 0. The topological polar surface area (TPSA) is 101 Å². The maximum atomic E-state index is 11.7. The molecule has 0 aliphatic heterocycles. The second-order valence-electron chi connectivity index (χ2n) is 7.23. The maximum absolute atomic E-state index is 11.7. The fraction of sp³-hybridized carbons (Fsp3) is 0.526. The molecule has 3 heterocycles. The summed E-state index contributed by atoms with van der Waals surface area (Å²) in [6.45, 7) is 9.54. The highest BCUT2D eigenvalue weighted by Gasteiger charge is 2.17. The lowest BCUT2D eigenvalue weighted by Gasteiger charge is -2.08. The van der Waals surface area contributed by atoms with Crippen LogP contribution in [0.3, 0.4) is 0 Å². The molecule has 3 rings (SSSR count). The van der Waals surface area contributed by atoms with Gasteiger partial charge < -0.3 is 10.3 Å². The quantitative estimate of drug-likeness (QED) is 0.633. The number of aryl methyl sites for hydroxylation is 2. The zero-order chi connectivity index (χ0) is 19.4. The number of H-pyrrole nitrogens is 1. The maximum Gasteiger partial charge on any atom is 0.251 e. The van der Waals surface area contributed by atoms with Crippen molar-refractivity contribution in [1.29, 1.82) is 0 Å². The third-order valence-electron chi connectivity index (χ3n) is 4.27. The molecule has 2 N–H and O–H groups in total. The van der Waals surface area contributed by atoms with E-state index in [1.165, 1.54) is 6.07 Å². The van der Waals surface area contributed by atoms with Gasteiger partial charge in [-0.3, -0.25) is 4.79 Å². The molecule has 0 amide bonds. The van der Waals surface area contributed by atoms with Gasteiger partial charge in [0.15, 0.2) is 5.65 Å². The van der Waals surface area contributed by atoms with Crippen LogP contribution in [0.5, 0.6) is 0 Å². The van der Waals surface area contributed by atoms with Crippen molar-refractivity contribution in [2.45, 2.75) is 60.0 Å². The molecule has 8 heteroatoms. The van der Waals surface area contributed by atoms with Crippen molar-refractivity contribution in [2.24, 2.45) is 5.92 Å². The van der Waals surface area contributed by atoms with Crippen molar-refractivity contribution in [3.63, 3.8) is 0 Å². The number of rotatable bonds is 8. The summed E-state index contributed by atoms with van der Waals surface area (Å²) in [5, 5.41) is 9.07. The van der Waals surface area contributed by atoms with E-state index in [1.807, 2.05) is 4.68 Å². The van der Waals surface area contributed by atoms with E-state index < -0.39 is 0 Å². The molecule has 3 aromatic rings. The minimum absolute atomic E-state index is 0.153. The van der Waals surface area contributed by atoms with Gasteiger partial charge >= 0.3 is 0 Å². The minimum Gasteiger partial charge on any atom is -0.362 e. The molecule has 0 bridgehead atoms. The lowest BCUT2D eigenvalue weighted by Crippen LogP contribution is -2.14. The zero-order valence-electron chi connectivity index (χ0n) is 16.4. The Labute approximate surface area is 158 Å². The van der Waals surface area contributed by atoms with Crippen LogP contribution >= 0.6 is 0 Å². The van der Waals surface area contributed by atoms with Crippen molar-refractivity contribution in [3.05, 3.63) is 40.0 Å². The first kappa shape index (κ1) is 19.0. The highest BCUT2D eigenvalue weighted by atomic mass is 16.1. The van der Waals surface area contributed by atoms with Crippen LogP contribution in [0.2, 0.25) is 0 Å². The summed E-state index contributed by atoms with van der Waals surface area (Å²) >= 11 is 0. The molecule has 144 valence electrons. The summed E-state index contributed by atoms with van der Waals surface area (Å²) in [5.74, 6) is 1.78. The Hall–Kier alpha value is -2.77. The van der Waals surface area contributed by atoms with Crippen molar-refractivity contribution in [2.75, 3.05) is 5.32 Å². The molecule has 8 nitrogen and oxygen atoms in total. The van der Waals surface area contributed by atoms with Crippen molar-refractivity contribution in [3.8, 4) is 0 Å². The molecule has 27 heavy (non-hydrogen) atoms. The average Bonchev–Trinajstić information content (AvgIpc) is 2.95. The normalized spacial score (nSPS) is 11.4. The number of hydrogen-bond acceptors (Lipinski definition) is 6. The molecule has 0 fully saturated rings. The Morgan fingerprint density at radius 2 is 2.11 bits per heavy atom. The van der Waals surface area contributed by atoms with Crippen molar-refractivity contribution >= 4 is 16.9 Å². The van der Waals surface area contributed by atoms with Gasteiger partial charge in [-0.15, -0.1) is 0 Å². The van der Waals surface area contributed by atoms with Gasteiger partial charge in [-0.1, -0.05) is 27.2 Å². The largest absolute Gasteiger partial charge is 0.362 e. The van der Waals surface area contributed by atoms with Crippen LogP contribution in [0.1, 0.15) is 50.8 Å². The number of aromatic nitrogens is 6. The first-order valence-corrected chi connectivity index (χ1v) is 9.49. The van der Waals surface area contributed by atoms with Gasteiger partial charge in [0.05, 0.1) is 17.6 Å². The molecule has 0 aliphatic rings. The van der Waals surface area contributed by atoms with E-state index in [0.29, 0.717) is 24.0 Å². The smallest absolute Gasteiger partial charge is 0.251 e. The van der Waals surface area contributed by atoms with Crippen LogP contribution in [0.25, 0.3) is 11.0 Å². The predicted molar refractivity (Wildman–Crippen MR) is 106 cm³/mol. The number of aromatic amines is 1. The number of nitrogens with one attached hydrogen (secondary N) is 2. The Morgan fingerprint density at radius 3 is 2.81 bits per heavy atom. The molecular formula is C19H27N7O. The minimum atomic E-state index is -0.153. The van der Waals surface area contributed by atoms with Crippen LogP contribution < -0.4 is 10.9 Å². The van der Waals surface area contributed by atoms with Gasteiger partial charge in [-0.25, -0.2) is 19.6 Å². The Balaban J connectivity index is 1.96. The van der Waals surface area contributed by atoms with E-state index in [1.54, 1.807) is 13.3 Å². The second kappa shape index (κ2) is 8.28. The van der Waals surface area contributed by atoms with Gasteiger partial charge in [0.2, 0.25) is 0 Å². The summed E-state index contributed by atoms with van der Waals surface area (Å²) in [6.07, 6.45) is 4.57. The molecule has 0 atom stereocenters. The number of anilines is 1. The van der Waals surface area contributed by atoms with Gasteiger partial charge in [0.1, 0.15) is 18.0 Å². The fourth-order valence-electron chi connectivity index (χ4n) is 3.10. The Kier molecular flexibility index (Phi) is 5.83. The highest BCUT2D eigenvalue weighted by Crippen LogP contribution is 2.26. The van der Waals surface area contributed by atoms with E-state index in [2.05, 4.69) is 46.0 Å². The van der Waals surface area contributed by atoms with Crippen LogP contribution in [0, 0.1) is 12.8 Å². The Bertz CT molecular complexity index is 974. The van der Waals surface area contributed by atoms with E-state index in [4.69, 9.17) is 5.10 Å². The molecule has 0 aromatic carbocycles. The third kappa shape index (κ3) is 4.50. The van der Waals surface area contributed by atoms with E-state index in [-0.39, 0.29) is 5.56 Å². The van der Waals surface area contributed by atoms with Crippen molar-refractivity contribution < 1.29 is 0 Å². The molecule has 0 spiro atoms. The Morgan fingerprint density at radius 1 is 1.30 bits per heavy atom. The fourth-order valence-corrected chi connectivity index (χ4v) is 3.10. The number of fused-ring (bicyclic) bond motifs is 1. The van der Waals surface area contributed by atoms with Crippen LogP contribution in [-0.2, 0) is 19.5 Å². The standard InChI is InChI=1S/C19H27N7O/c1-5-6-7-26-19-17(14(25-26)8-12(2)3)18(21-11-22-19)20-10-15-23-13(4)9-16(27)24-15/h9,11-12H,5-8,10H2,1-4H3,(H,20,21,22)(H,23,24,27). The van der Waals surface area contributed by atoms with E-state index in [0.717, 1.165) is 48.4 Å².